The zero-order valence-corrected chi connectivity index (χ0v) is 19.8. The van der Waals surface area contributed by atoms with Crippen LogP contribution in [0.5, 0.6) is 0 Å². The molecule has 0 amide bonds. The number of carbonyl (C=O) groups is 4. The summed E-state index contributed by atoms with van der Waals surface area (Å²) >= 11 is 0. The van der Waals surface area contributed by atoms with Crippen LogP contribution in [0.15, 0.2) is 23.8 Å². The van der Waals surface area contributed by atoms with Crippen molar-refractivity contribution in [1.82, 2.24) is 0 Å². The van der Waals surface area contributed by atoms with Gasteiger partial charge in [-0.2, -0.15) is 0 Å². The molecule has 0 radical (unpaired) electrons. The standard InChI is InChI=1S/C26H33FO7/c1-13-8-16-15-10-18(27)17-9-14(28)6-7-25(17,2)24(15)19(29)11-26(16,3)23(13)20(30)12-34-22(33)5-4-21(31)32/h6-7,9,13,15-16,18-19,23-24,29H,4-5,8,10-12H2,1-3H3,(H,31,32)/t13?,15-,16-,18?,19?,23+,24+,25-,26-/m0/s1. The highest BCUT2D eigenvalue weighted by molar-refractivity contribution is 6.01. The second-order valence-electron chi connectivity index (χ2n) is 11.1. The highest BCUT2D eigenvalue weighted by atomic mass is 19.1. The molecule has 0 aliphatic heterocycles. The Kier molecular flexibility index (Phi) is 6.34. The number of esters is 1. The van der Waals surface area contributed by atoms with Crippen molar-refractivity contribution in [2.75, 3.05) is 6.61 Å². The van der Waals surface area contributed by atoms with Gasteiger partial charge < -0.3 is 14.9 Å². The molecule has 8 heteroatoms. The Balaban J connectivity index is 1.56. The van der Waals surface area contributed by atoms with Gasteiger partial charge in [0.2, 0.25) is 0 Å². The SMILES string of the molecule is CC1C[C@H]2[C@@H]3CC(F)C4=CC(=O)C=C[C@]4(C)[C@H]3C(O)C[C@]2(C)[C@H]1C(=O)COC(=O)CCC(=O)O. The molecule has 0 saturated heterocycles. The highest BCUT2D eigenvalue weighted by Gasteiger charge is 2.65. The first-order valence-electron chi connectivity index (χ1n) is 12.1. The van der Waals surface area contributed by atoms with E-state index in [0.29, 0.717) is 18.4 Å². The van der Waals surface area contributed by atoms with E-state index in [1.807, 2.05) is 20.8 Å². The average molecular weight is 477 g/mol. The van der Waals surface area contributed by atoms with Crippen molar-refractivity contribution >= 4 is 23.5 Å². The fraction of sp³-hybridized carbons (Fsp3) is 0.692. The van der Waals surface area contributed by atoms with Crippen LogP contribution < -0.4 is 0 Å². The van der Waals surface area contributed by atoms with Crippen molar-refractivity contribution in [1.29, 1.82) is 0 Å². The smallest absolute Gasteiger partial charge is 0.306 e. The van der Waals surface area contributed by atoms with E-state index in [4.69, 9.17) is 9.84 Å². The topological polar surface area (TPSA) is 118 Å². The molecule has 3 saturated carbocycles. The molecule has 4 aliphatic rings. The predicted molar refractivity (Wildman–Crippen MR) is 119 cm³/mol. The first-order valence-corrected chi connectivity index (χ1v) is 12.1. The van der Waals surface area contributed by atoms with Crippen molar-refractivity contribution in [3.8, 4) is 0 Å². The molecule has 2 N–H and O–H groups in total. The van der Waals surface area contributed by atoms with Gasteiger partial charge in [-0.05, 0) is 60.2 Å². The number of ether oxygens (including phenoxy) is 1. The van der Waals surface area contributed by atoms with E-state index in [1.165, 1.54) is 12.2 Å². The number of hydrogen-bond donors (Lipinski definition) is 2. The number of ketones is 2. The number of aliphatic hydroxyl groups excluding tert-OH is 1. The number of alkyl halides is 1. The Hall–Kier alpha value is -2.35. The summed E-state index contributed by atoms with van der Waals surface area (Å²) in [5.74, 6) is -3.19. The van der Waals surface area contributed by atoms with Gasteiger partial charge >= 0.3 is 11.9 Å². The monoisotopic (exact) mass is 476 g/mol. The maximum absolute atomic E-state index is 15.4. The van der Waals surface area contributed by atoms with Crippen molar-refractivity contribution in [3.63, 3.8) is 0 Å². The molecule has 9 atom stereocenters. The molecule has 3 unspecified atom stereocenters. The van der Waals surface area contributed by atoms with Gasteiger partial charge in [-0.25, -0.2) is 4.39 Å². The number of halogens is 1. The first kappa shape index (κ1) is 24.8. The molecule has 7 nitrogen and oxygen atoms in total. The van der Waals surface area contributed by atoms with Crippen LogP contribution in [0.3, 0.4) is 0 Å². The van der Waals surface area contributed by atoms with E-state index in [0.717, 1.165) is 0 Å². The number of fused-ring (bicyclic) bond motifs is 5. The third kappa shape index (κ3) is 3.93. The quantitative estimate of drug-likeness (QED) is 0.566. The number of allylic oxidation sites excluding steroid dienone is 4. The lowest BCUT2D eigenvalue weighted by Crippen LogP contribution is -2.58. The minimum absolute atomic E-state index is 0.00946. The van der Waals surface area contributed by atoms with Crippen LogP contribution in [0.2, 0.25) is 0 Å². The van der Waals surface area contributed by atoms with Gasteiger partial charge in [0.05, 0.1) is 18.9 Å². The normalized spacial score (nSPS) is 42.8. The van der Waals surface area contributed by atoms with Crippen LogP contribution in [-0.2, 0) is 23.9 Å². The van der Waals surface area contributed by atoms with E-state index in [9.17, 15) is 24.3 Å². The summed E-state index contributed by atoms with van der Waals surface area (Å²) in [5, 5.41) is 20.1. The molecule has 4 rings (SSSR count). The van der Waals surface area contributed by atoms with Crippen LogP contribution >= 0.6 is 0 Å². The van der Waals surface area contributed by atoms with Crippen LogP contribution in [0.4, 0.5) is 4.39 Å². The number of Topliss-reactive ketones (excluding diaryl/α,β-unsaturated/α-hetero) is 1. The second-order valence-corrected chi connectivity index (χ2v) is 11.1. The number of carboxylic acids is 1. The first-order chi connectivity index (χ1) is 15.9. The van der Waals surface area contributed by atoms with E-state index < -0.39 is 47.6 Å². The van der Waals surface area contributed by atoms with Gasteiger partial charge in [0, 0.05) is 17.3 Å². The molecule has 0 aromatic heterocycles. The Bertz CT molecular complexity index is 970. The zero-order chi connectivity index (χ0) is 25.0. The predicted octanol–water partition coefficient (Wildman–Crippen LogP) is 3.05. The van der Waals surface area contributed by atoms with Gasteiger partial charge in [-0.3, -0.25) is 19.2 Å². The molecule has 0 bridgehead atoms. The lowest BCUT2D eigenvalue weighted by molar-refractivity contribution is -0.156. The van der Waals surface area contributed by atoms with Gasteiger partial charge in [0.25, 0.3) is 0 Å². The van der Waals surface area contributed by atoms with E-state index in [-0.39, 0.29) is 54.5 Å². The van der Waals surface area contributed by atoms with Gasteiger partial charge in [-0.1, -0.05) is 26.8 Å². The largest absolute Gasteiger partial charge is 0.481 e. The van der Waals surface area contributed by atoms with Gasteiger partial charge in [0.1, 0.15) is 12.8 Å². The molecular formula is C26H33FO7. The second kappa shape index (κ2) is 8.70. The molecule has 0 heterocycles. The minimum atomic E-state index is -1.28. The summed E-state index contributed by atoms with van der Waals surface area (Å²) in [4.78, 5) is 47.6. The third-order valence-electron chi connectivity index (χ3n) is 9.08. The fourth-order valence-corrected chi connectivity index (χ4v) is 7.91. The minimum Gasteiger partial charge on any atom is -0.481 e. The number of carboxylic acid groups (broad SMARTS) is 1. The fourth-order valence-electron chi connectivity index (χ4n) is 7.91. The molecule has 0 spiro atoms. The van der Waals surface area contributed by atoms with Crippen LogP contribution in [0, 0.1) is 40.4 Å². The molecule has 34 heavy (non-hydrogen) atoms. The molecule has 186 valence electrons. The number of carbonyl (C=O) groups excluding carboxylic acids is 3. The Morgan fingerprint density at radius 1 is 1.21 bits per heavy atom. The Morgan fingerprint density at radius 2 is 1.91 bits per heavy atom. The summed E-state index contributed by atoms with van der Waals surface area (Å²) in [7, 11) is 0. The number of rotatable bonds is 6. The summed E-state index contributed by atoms with van der Waals surface area (Å²) in [6, 6.07) is 0. The average Bonchev–Trinajstić information content (AvgIpc) is 3.01. The van der Waals surface area contributed by atoms with Crippen molar-refractivity contribution < 1.29 is 38.5 Å². The van der Waals surface area contributed by atoms with Crippen molar-refractivity contribution in [2.45, 2.75) is 65.2 Å². The summed E-state index contributed by atoms with van der Waals surface area (Å²) in [6.45, 7) is 5.42. The van der Waals surface area contributed by atoms with Crippen LogP contribution in [0.1, 0.15) is 52.9 Å². The maximum atomic E-state index is 15.4. The van der Waals surface area contributed by atoms with E-state index in [2.05, 4.69) is 0 Å². The molecule has 4 aliphatic carbocycles. The lowest BCUT2D eigenvalue weighted by atomic mass is 9.46. The van der Waals surface area contributed by atoms with E-state index in [1.54, 1.807) is 6.08 Å². The molecular weight excluding hydrogens is 443 g/mol. The Labute approximate surface area is 198 Å². The number of aliphatic hydroxyl groups is 1. The summed E-state index contributed by atoms with van der Waals surface area (Å²) < 4.78 is 20.5. The summed E-state index contributed by atoms with van der Waals surface area (Å²) in [5.41, 5.74) is -0.881. The van der Waals surface area contributed by atoms with Crippen molar-refractivity contribution in [3.05, 3.63) is 23.8 Å². The van der Waals surface area contributed by atoms with Gasteiger partial charge in [0.15, 0.2) is 11.6 Å². The van der Waals surface area contributed by atoms with Crippen LogP contribution in [-0.4, -0.2) is 52.6 Å². The van der Waals surface area contributed by atoms with Crippen molar-refractivity contribution in [2.24, 2.45) is 40.4 Å². The highest BCUT2D eigenvalue weighted by Crippen LogP contribution is 2.67. The Morgan fingerprint density at radius 3 is 2.59 bits per heavy atom. The maximum Gasteiger partial charge on any atom is 0.306 e. The third-order valence-corrected chi connectivity index (χ3v) is 9.08. The molecule has 0 aromatic carbocycles. The zero-order valence-electron chi connectivity index (χ0n) is 19.8. The van der Waals surface area contributed by atoms with Crippen LogP contribution in [0.25, 0.3) is 0 Å². The van der Waals surface area contributed by atoms with E-state index >= 15 is 4.39 Å². The lowest BCUT2D eigenvalue weighted by Gasteiger charge is -2.59. The van der Waals surface area contributed by atoms with Gasteiger partial charge in [-0.15, -0.1) is 0 Å². The molecule has 3 fully saturated rings. The number of hydrogen-bond acceptors (Lipinski definition) is 6. The molecule has 0 aromatic rings. The summed E-state index contributed by atoms with van der Waals surface area (Å²) in [6.07, 6.45) is 3.16. The number of aliphatic carboxylic acids is 1.